The molecule has 7 rings (SSSR count). The number of carbonyl (C=O) groups is 3. The topological polar surface area (TPSA) is 57.7 Å². The van der Waals surface area contributed by atoms with Crippen LogP contribution in [0.25, 0.3) is 16.8 Å². The molecular formula is C31H22N2O3. The second-order valence-corrected chi connectivity index (χ2v) is 9.55. The van der Waals surface area contributed by atoms with E-state index in [0.717, 1.165) is 22.0 Å². The van der Waals surface area contributed by atoms with E-state index in [1.54, 1.807) is 24.3 Å². The molecule has 4 atom stereocenters. The monoisotopic (exact) mass is 470 g/mol. The van der Waals surface area contributed by atoms with Crippen molar-refractivity contribution in [3.05, 3.63) is 114 Å². The Hall–Kier alpha value is -4.51. The van der Waals surface area contributed by atoms with Crippen molar-refractivity contribution in [1.82, 2.24) is 0 Å². The average Bonchev–Trinajstić information content (AvgIpc) is 3.41. The summed E-state index contributed by atoms with van der Waals surface area (Å²) in [4.78, 5) is 45.1. The molecule has 174 valence electrons. The van der Waals surface area contributed by atoms with Crippen molar-refractivity contribution >= 4 is 45.8 Å². The van der Waals surface area contributed by atoms with E-state index in [1.165, 1.54) is 4.90 Å². The minimum atomic E-state index is -0.780. The number of Topliss-reactive ketones (excluding diaryl/α,β-unsaturated/α-hetero) is 1. The molecule has 3 aliphatic heterocycles. The first-order chi connectivity index (χ1) is 17.6. The zero-order valence-corrected chi connectivity index (χ0v) is 19.3. The van der Waals surface area contributed by atoms with Crippen LogP contribution < -0.4 is 9.80 Å². The number of rotatable bonds is 3. The summed E-state index contributed by atoms with van der Waals surface area (Å²) in [7, 11) is 0. The Morgan fingerprint density at radius 3 is 2.14 bits per heavy atom. The van der Waals surface area contributed by atoms with Crippen LogP contribution in [0.3, 0.4) is 0 Å². The van der Waals surface area contributed by atoms with Gasteiger partial charge >= 0.3 is 0 Å². The fourth-order valence-electron chi connectivity index (χ4n) is 6.23. The summed E-state index contributed by atoms with van der Waals surface area (Å²) in [5, 5.41) is 2.18. The van der Waals surface area contributed by atoms with E-state index in [1.807, 2.05) is 77.7 Å². The zero-order chi connectivity index (χ0) is 24.4. The van der Waals surface area contributed by atoms with Gasteiger partial charge in [-0.05, 0) is 29.0 Å². The molecule has 5 nitrogen and oxygen atoms in total. The summed E-state index contributed by atoms with van der Waals surface area (Å²) >= 11 is 0. The molecule has 0 bridgehead atoms. The smallest absolute Gasteiger partial charge is 0.240 e. The first-order valence-electron chi connectivity index (χ1n) is 12.2. The number of nitrogens with zero attached hydrogens (tertiary/aromatic N) is 2. The van der Waals surface area contributed by atoms with E-state index in [0.29, 0.717) is 11.3 Å². The molecule has 3 aliphatic rings. The number of fused-ring (bicyclic) bond motifs is 7. The minimum Gasteiger partial charge on any atom is -0.352 e. The molecule has 36 heavy (non-hydrogen) atoms. The zero-order valence-electron chi connectivity index (χ0n) is 19.3. The molecule has 0 saturated carbocycles. The van der Waals surface area contributed by atoms with Crippen molar-refractivity contribution < 1.29 is 14.4 Å². The lowest BCUT2D eigenvalue weighted by molar-refractivity contribution is -0.122. The number of hydrogen-bond acceptors (Lipinski definition) is 4. The lowest BCUT2D eigenvalue weighted by Crippen LogP contribution is -2.48. The van der Waals surface area contributed by atoms with E-state index in [4.69, 9.17) is 0 Å². The van der Waals surface area contributed by atoms with Gasteiger partial charge in [-0.3, -0.25) is 14.4 Å². The first-order valence-corrected chi connectivity index (χ1v) is 12.2. The molecule has 3 heterocycles. The van der Waals surface area contributed by atoms with Gasteiger partial charge in [0.2, 0.25) is 11.8 Å². The van der Waals surface area contributed by atoms with Gasteiger partial charge in [0, 0.05) is 16.8 Å². The van der Waals surface area contributed by atoms with Gasteiger partial charge in [-0.25, -0.2) is 4.90 Å². The predicted molar refractivity (Wildman–Crippen MR) is 140 cm³/mol. The molecule has 2 fully saturated rings. The van der Waals surface area contributed by atoms with Crippen molar-refractivity contribution in [3.8, 4) is 0 Å². The molecular weight excluding hydrogens is 448 g/mol. The van der Waals surface area contributed by atoms with E-state index in [9.17, 15) is 14.4 Å². The minimum absolute atomic E-state index is 0.140. The molecule has 0 aromatic heterocycles. The van der Waals surface area contributed by atoms with Crippen molar-refractivity contribution in [2.24, 2.45) is 11.8 Å². The standard InChI is InChI=1S/C31H22N2O3/c34-29(20-10-3-1-4-11-20)28-27-26(30(35)32(31(27)36)21-12-5-2-6-13-21)25-18-16-23-22-14-8-7-9-19(22)15-17-24(23)33(25)28/h1-18,25-28H/t25-,26+,27-,28+/m1/s1. The number of anilines is 2. The van der Waals surface area contributed by atoms with E-state index < -0.39 is 17.9 Å². The maximum Gasteiger partial charge on any atom is 0.240 e. The highest BCUT2D eigenvalue weighted by Gasteiger charge is 2.64. The molecule has 0 aliphatic carbocycles. The van der Waals surface area contributed by atoms with Crippen molar-refractivity contribution in [3.63, 3.8) is 0 Å². The molecule has 2 saturated heterocycles. The van der Waals surface area contributed by atoms with Gasteiger partial charge in [0.1, 0.15) is 6.04 Å². The second kappa shape index (κ2) is 7.75. The second-order valence-electron chi connectivity index (χ2n) is 9.55. The van der Waals surface area contributed by atoms with Gasteiger partial charge in [-0.2, -0.15) is 0 Å². The molecule has 0 unspecified atom stereocenters. The first kappa shape index (κ1) is 20.8. The lowest BCUT2D eigenvalue weighted by atomic mass is 9.86. The van der Waals surface area contributed by atoms with Crippen LogP contribution in [0, 0.1) is 11.8 Å². The van der Waals surface area contributed by atoms with Gasteiger partial charge in [-0.1, -0.05) is 91.0 Å². The highest BCUT2D eigenvalue weighted by atomic mass is 16.2. The maximum atomic E-state index is 14.1. The van der Waals surface area contributed by atoms with E-state index >= 15 is 0 Å². The van der Waals surface area contributed by atoms with Gasteiger partial charge in [0.25, 0.3) is 0 Å². The molecule has 2 amide bonds. The lowest BCUT2D eigenvalue weighted by Gasteiger charge is -2.37. The number of para-hydroxylation sites is 1. The van der Waals surface area contributed by atoms with Gasteiger partial charge < -0.3 is 4.90 Å². The quantitative estimate of drug-likeness (QED) is 0.308. The van der Waals surface area contributed by atoms with Gasteiger partial charge in [-0.15, -0.1) is 0 Å². The average molecular weight is 471 g/mol. The molecule has 4 aromatic carbocycles. The highest BCUT2D eigenvalue weighted by Crippen LogP contribution is 2.50. The predicted octanol–water partition coefficient (Wildman–Crippen LogP) is 5.11. The Bertz CT molecular complexity index is 1580. The van der Waals surface area contributed by atoms with Crippen LogP contribution in [0.15, 0.2) is 103 Å². The molecule has 0 radical (unpaired) electrons. The van der Waals surface area contributed by atoms with Gasteiger partial charge in [0.15, 0.2) is 5.78 Å². The van der Waals surface area contributed by atoms with Crippen molar-refractivity contribution in [2.45, 2.75) is 12.1 Å². The van der Waals surface area contributed by atoms with Crippen LogP contribution in [-0.2, 0) is 9.59 Å². The van der Waals surface area contributed by atoms with E-state index in [2.05, 4.69) is 12.1 Å². The van der Waals surface area contributed by atoms with Crippen LogP contribution in [0.2, 0.25) is 0 Å². The van der Waals surface area contributed by atoms with Gasteiger partial charge in [0.05, 0.1) is 23.6 Å². The number of hydrogen-bond donors (Lipinski definition) is 0. The van der Waals surface area contributed by atoms with Crippen molar-refractivity contribution in [2.75, 3.05) is 9.80 Å². The normalized spacial score (nSPS) is 24.1. The Morgan fingerprint density at radius 1 is 0.694 bits per heavy atom. The fourth-order valence-corrected chi connectivity index (χ4v) is 6.23. The summed E-state index contributed by atoms with van der Waals surface area (Å²) < 4.78 is 0. The largest absolute Gasteiger partial charge is 0.352 e. The number of carbonyl (C=O) groups excluding carboxylic acids is 3. The van der Waals surface area contributed by atoms with Crippen LogP contribution in [0.1, 0.15) is 15.9 Å². The van der Waals surface area contributed by atoms with Crippen LogP contribution in [-0.4, -0.2) is 29.7 Å². The summed E-state index contributed by atoms with van der Waals surface area (Å²) in [5.41, 5.74) is 2.98. The number of imide groups is 1. The third kappa shape index (κ3) is 2.80. The Labute approximate surface area is 208 Å². The molecule has 5 heteroatoms. The Balaban J connectivity index is 1.42. The van der Waals surface area contributed by atoms with Crippen LogP contribution >= 0.6 is 0 Å². The van der Waals surface area contributed by atoms with E-state index in [-0.39, 0.29) is 23.6 Å². The maximum absolute atomic E-state index is 14.1. The van der Waals surface area contributed by atoms with Crippen molar-refractivity contribution in [1.29, 1.82) is 0 Å². The van der Waals surface area contributed by atoms with Crippen LogP contribution in [0.5, 0.6) is 0 Å². The highest BCUT2D eigenvalue weighted by molar-refractivity contribution is 6.25. The van der Waals surface area contributed by atoms with Crippen LogP contribution in [0.4, 0.5) is 11.4 Å². The summed E-state index contributed by atoms with van der Waals surface area (Å²) in [5.74, 6) is -2.10. The third-order valence-corrected chi connectivity index (χ3v) is 7.75. The number of benzene rings is 4. The summed E-state index contributed by atoms with van der Waals surface area (Å²) in [6, 6.07) is 29.1. The third-order valence-electron chi connectivity index (χ3n) is 7.75. The Kier molecular flexibility index (Phi) is 4.48. The summed E-state index contributed by atoms with van der Waals surface area (Å²) in [6.45, 7) is 0. The molecule has 0 spiro atoms. The molecule has 4 aromatic rings. The SMILES string of the molecule is O=C(c1ccccc1)[C@@H]1[C@@H]2C(=O)N(c3ccccc3)C(=O)[C@H]2[C@H]2C=Cc3c(ccc4ccccc34)N21. The molecule has 0 N–H and O–H groups in total. The fraction of sp³-hybridized carbons (Fsp3) is 0.129. The Morgan fingerprint density at radius 2 is 1.36 bits per heavy atom. The summed E-state index contributed by atoms with van der Waals surface area (Å²) in [6.07, 6.45) is 4.05. The number of ketones is 1. The number of amides is 2.